The van der Waals surface area contributed by atoms with Crippen molar-refractivity contribution in [1.82, 2.24) is 9.03 Å². The summed E-state index contributed by atoms with van der Waals surface area (Å²) in [7, 11) is -3.36. The molecule has 0 radical (unpaired) electrons. The van der Waals surface area contributed by atoms with Gasteiger partial charge in [-0.05, 0) is 30.6 Å². The van der Waals surface area contributed by atoms with Gasteiger partial charge in [-0.2, -0.15) is 17.4 Å². The smallest absolute Gasteiger partial charge is 0.198 e. The van der Waals surface area contributed by atoms with Crippen LogP contribution in [0.15, 0.2) is 0 Å². The third kappa shape index (κ3) is 5.33. The van der Waals surface area contributed by atoms with Crippen molar-refractivity contribution in [3.63, 3.8) is 0 Å². The topological polar surface area (TPSA) is 49.4 Å². The molecule has 6 heteroatoms. The second kappa shape index (κ2) is 6.87. The van der Waals surface area contributed by atoms with Crippen molar-refractivity contribution >= 4 is 26.1 Å². The second-order valence-electron chi connectivity index (χ2n) is 6.62. The first-order valence-corrected chi connectivity index (χ1v) is 9.56. The first-order valence-electron chi connectivity index (χ1n) is 7.00. The molecule has 4 nitrogen and oxygen atoms in total. The molecule has 0 bridgehead atoms. The zero-order valence-corrected chi connectivity index (χ0v) is 14.8. The summed E-state index contributed by atoms with van der Waals surface area (Å²) in [5.41, 5.74) is -0.0811. The number of nitrogens with zero attached hydrogens (tertiary/aromatic N) is 1. The van der Waals surface area contributed by atoms with Crippen molar-refractivity contribution in [2.45, 2.75) is 53.0 Å². The van der Waals surface area contributed by atoms with Crippen LogP contribution in [0.3, 0.4) is 0 Å². The molecule has 0 aromatic carbocycles. The fourth-order valence-corrected chi connectivity index (χ4v) is 4.65. The van der Waals surface area contributed by atoms with Gasteiger partial charge in [0.25, 0.3) is 10.2 Å². The fourth-order valence-electron chi connectivity index (χ4n) is 2.40. The Bertz CT molecular complexity index is 379. The molecule has 1 N–H and O–H groups in total. The standard InChI is InChI=1S/C13H27BrN2O2S/c1-11-6-5-9-16(10-11)19(17,18)15-12(7-8-14)13(2,3)4/h11-12,15H,5-10H2,1-4H3. The second-order valence-corrected chi connectivity index (χ2v) is 9.12. The molecule has 1 rings (SSSR count). The SMILES string of the molecule is CC1CCCN(S(=O)(=O)NC(CCBr)C(C)(C)C)C1. The minimum atomic E-state index is -3.36. The zero-order valence-electron chi connectivity index (χ0n) is 12.4. The van der Waals surface area contributed by atoms with E-state index in [9.17, 15) is 8.42 Å². The molecule has 2 atom stereocenters. The summed E-state index contributed by atoms with van der Waals surface area (Å²) in [6.07, 6.45) is 2.88. The van der Waals surface area contributed by atoms with E-state index in [0.717, 1.165) is 24.6 Å². The molecular weight excluding hydrogens is 328 g/mol. The molecule has 1 aliphatic heterocycles. The predicted octanol–water partition coefficient (Wildman–Crippen LogP) is 2.75. The van der Waals surface area contributed by atoms with Crippen LogP contribution < -0.4 is 4.72 Å². The van der Waals surface area contributed by atoms with Crippen LogP contribution in [0.25, 0.3) is 0 Å². The van der Waals surface area contributed by atoms with Gasteiger partial charge in [0.2, 0.25) is 0 Å². The van der Waals surface area contributed by atoms with Crippen molar-refractivity contribution in [2.75, 3.05) is 18.4 Å². The first-order chi connectivity index (χ1) is 8.66. The number of hydrogen-bond acceptors (Lipinski definition) is 2. The predicted molar refractivity (Wildman–Crippen MR) is 83.7 cm³/mol. The van der Waals surface area contributed by atoms with E-state index in [1.807, 2.05) is 0 Å². The number of nitrogens with one attached hydrogen (secondary N) is 1. The molecule has 114 valence electrons. The van der Waals surface area contributed by atoms with Crippen molar-refractivity contribution < 1.29 is 8.42 Å². The lowest BCUT2D eigenvalue weighted by molar-refractivity contribution is 0.258. The molecule has 0 spiro atoms. The summed E-state index contributed by atoms with van der Waals surface area (Å²) < 4.78 is 29.4. The molecule has 1 saturated heterocycles. The molecule has 19 heavy (non-hydrogen) atoms. The monoisotopic (exact) mass is 354 g/mol. The van der Waals surface area contributed by atoms with Crippen LogP contribution in [0.4, 0.5) is 0 Å². The van der Waals surface area contributed by atoms with E-state index in [1.165, 1.54) is 0 Å². The van der Waals surface area contributed by atoms with Gasteiger partial charge in [0, 0.05) is 24.5 Å². The zero-order chi connectivity index (χ0) is 14.7. The summed E-state index contributed by atoms with van der Waals surface area (Å²) in [5, 5.41) is 0.799. The van der Waals surface area contributed by atoms with Crippen molar-refractivity contribution in [3.8, 4) is 0 Å². The molecule has 0 amide bonds. The maximum Gasteiger partial charge on any atom is 0.279 e. The van der Waals surface area contributed by atoms with E-state index >= 15 is 0 Å². The van der Waals surface area contributed by atoms with E-state index in [-0.39, 0.29) is 11.5 Å². The van der Waals surface area contributed by atoms with Crippen LogP contribution in [-0.2, 0) is 10.2 Å². The molecule has 0 aliphatic carbocycles. The van der Waals surface area contributed by atoms with E-state index in [2.05, 4.69) is 48.3 Å². The van der Waals surface area contributed by atoms with Gasteiger partial charge in [-0.15, -0.1) is 0 Å². The van der Waals surface area contributed by atoms with Crippen LogP contribution in [0, 0.1) is 11.3 Å². The normalized spacial score (nSPS) is 24.4. The highest BCUT2D eigenvalue weighted by molar-refractivity contribution is 9.09. The number of piperidine rings is 1. The van der Waals surface area contributed by atoms with Crippen LogP contribution in [0.1, 0.15) is 47.0 Å². The highest BCUT2D eigenvalue weighted by atomic mass is 79.9. The number of halogens is 1. The Morgan fingerprint density at radius 1 is 1.42 bits per heavy atom. The minimum absolute atomic E-state index is 0.0471. The Kier molecular flexibility index (Phi) is 6.29. The summed E-state index contributed by atoms with van der Waals surface area (Å²) >= 11 is 3.41. The molecule has 0 saturated carbocycles. The van der Waals surface area contributed by atoms with Crippen molar-refractivity contribution in [1.29, 1.82) is 0 Å². The van der Waals surface area contributed by atoms with Gasteiger partial charge in [-0.25, -0.2) is 0 Å². The lowest BCUT2D eigenvalue weighted by Crippen LogP contribution is -2.52. The third-order valence-corrected chi connectivity index (χ3v) is 5.75. The van der Waals surface area contributed by atoms with Gasteiger partial charge in [-0.3, -0.25) is 0 Å². The molecule has 1 fully saturated rings. The van der Waals surface area contributed by atoms with Gasteiger partial charge in [0.05, 0.1) is 0 Å². The molecule has 2 unspecified atom stereocenters. The molecule has 1 heterocycles. The van der Waals surface area contributed by atoms with E-state index in [4.69, 9.17) is 0 Å². The van der Waals surface area contributed by atoms with Crippen LogP contribution in [0.2, 0.25) is 0 Å². The Labute approximate surface area is 126 Å². The lowest BCUT2D eigenvalue weighted by atomic mass is 9.86. The van der Waals surface area contributed by atoms with Gasteiger partial charge < -0.3 is 0 Å². The molecule has 0 aromatic heterocycles. The Hall–Kier alpha value is 0.350. The Morgan fingerprint density at radius 3 is 2.53 bits per heavy atom. The fraction of sp³-hybridized carbons (Fsp3) is 1.00. The molecule has 1 aliphatic rings. The van der Waals surface area contributed by atoms with Gasteiger partial charge in [0.15, 0.2) is 0 Å². The number of hydrogen-bond donors (Lipinski definition) is 1. The average molecular weight is 355 g/mol. The van der Waals surface area contributed by atoms with Crippen LogP contribution in [0.5, 0.6) is 0 Å². The average Bonchev–Trinajstić information content (AvgIpc) is 2.27. The summed E-state index contributed by atoms with van der Waals surface area (Å²) in [6.45, 7) is 9.61. The van der Waals surface area contributed by atoms with Crippen molar-refractivity contribution in [3.05, 3.63) is 0 Å². The highest BCUT2D eigenvalue weighted by Gasteiger charge is 2.33. The Balaban J connectivity index is 2.76. The van der Waals surface area contributed by atoms with Gasteiger partial charge in [-0.1, -0.05) is 43.6 Å². The van der Waals surface area contributed by atoms with Gasteiger partial charge >= 0.3 is 0 Å². The maximum absolute atomic E-state index is 12.5. The largest absolute Gasteiger partial charge is 0.279 e. The first kappa shape index (κ1) is 17.4. The van der Waals surface area contributed by atoms with Crippen LogP contribution in [-0.4, -0.2) is 37.2 Å². The summed E-state index contributed by atoms with van der Waals surface area (Å²) in [4.78, 5) is 0. The van der Waals surface area contributed by atoms with E-state index in [1.54, 1.807) is 4.31 Å². The van der Waals surface area contributed by atoms with Gasteiger partial charge in [0.1, 0.15) is 0 Å². The summed E-state index contributed by atoms with van der Waals surface area (Å²) in [5.74, 6) is 0.453. The number of rotatable bonds is 5. The van der Waals surface area contributed by atoms with Crippen molar-refractivity contribution in [2.24, 2.45) is 11.3 Å². The minimum Gasteiger partial charge on any atom is -0.198 e. The molecular formula is C13H27BrN2O2S. The summed E-state index contributed by atoms with van der Waals surface area (Å²) in [6, 6.07) is -0.0471. The van der Waals surface area contributed by atoms with E-state index in [0.29, 0.717) is 19.0 Å². The lowest BCUT2D eigenvalue weighted by Gasteiger charge is -2.35. The molecule has 0 aromatic rings. The quantitative estimate of drug-likeness (QED) is 0.771. The van der Waals surface area contributed by atoms with E-state index < -0.39 is 10.2 Å². The number of alkyl halides is 1. The third-order valence-electron chi connectivity index (χ3n) is 3.69. The highest BCUT2D eigenvalue weighted by Crippen LogP contribution is 2.25. The Morgan fingerprint density at radius 2 is 2.05 bits per heavy atom. The van der Waals surface area contributed by atoms with Crippen LogP contribution >= 0.6 is 15.9 Å². The maximum atomic E-state index is 12.5.